The van der Waals surface area contributed by atoms with Gasteiger partial charge in [0.2, 0.25) is 0 Å². The molecular weight excluding hydrogens is 321 g/mol. The van der Waals surface area contributed by atoms with Gasteiger partial charge in [-0.15, -0.1) is 5.10 Å². The lowest BCUT2D eigenvalue weighted by Crippen LogP contribution is -2.25. The maximum absolute atomic E-state index is 12.5. The molecule has 1 aromatic heterocycles. The van der Waals surface area contributed by atoms with Crippen molar-refractivity contribution in [2.75, 3.05) is 13.6 Å². The van der Waals surface area contributed by atoms with Crippen LogP contribution in [0.4, 0.5) is 13.2 Å². The van der Waals surface area contributed by atoms with Crippen LogP contribution in [0.1, 0.15) is 32.5 Å². The Morgan fingerprint density at radius 3 is 2.58 bits per heavy atom. The lowest BCUT2D eigenvalue weighted by molar-refractivity contribution is -0.125. The van der Waals surface area contributed by atoms with Gasteiger partial charge in [-0.1, -0.05) is 18.2 Å². The van der Waals surface area contributed by atoms with E-state index >= 15 is 0 Å². The molecule has 8 heteroatoms. The summed E-state index contributed by atoms with van der Waals surface area (Å²) < 4.78 is 39.5. The van der Waals surface area contributed by atoms with Gasteiger partial charge in [-0.3, -0.25) is 0 Å². The summed E-state index contributed by atoms with van der Waals surface area (Å²) in [7, 11) is 1.82. The van der Waals surface area contributed by atoms with Crippen molar-refractivity contribution in [1.29, 1.82) is 0 Å². The number of nitrogens with zero attached hydrogens (tertiary/aromatic N) is 3. The Morgan fingerprint density at radius 2 is 2.04 bits per heavy atom. The van der Waals surface area contributed by atoms with E-state index in [0.29, 0.717) is 18.1 Å². The molecule has 0 aliphatic rings. The lowest BCUT2D eigenvalue weighted by atomic mass is 10.3. The van der Waals surface area contributed by atoms with Gasteiger partial charge in [-0.05, 0) is 46.0 Å². The molecule has 5 nitrogen and oxygen atoms in total. The van der Waals surface area contributed by atoms with Crippen LogP contribution in [0.25, 0.3) is 11.8 Å². The second kappa shape index (κ2) is 9.27. The summed E-state index contributed by atoms with van der Waals surface area (Å²) in [6, 6.07) is 0. The normalized spacial score (nSPS) is 13.5. The molecule has 0 saturated carbocycles. The van der Waals surface area contributed by atoms with Crippen molar-refractivity contribution in [1.82, 2.24) is 19.7 Å². The van der Waals surface area contributed by atoms with Crippen LogP contribution in [-0.2, 0) is 6.54 Å². The summed E-state index contributed by atoms with van der Waals surface area (Å²) in [6.07, 6.45) is 2.65. The van der Waals surface area contributed by atoms with Crippen LogP contribution in [0, 0.1) is 0 Å². The fraction of sp³-hybridized carbons (Fsp3) is 0.500. The van der Waals surface area contributed by atoms with Gasteiger partial charge in [0.05, 0.1) is 6.42 Å². The number of alkyl halides is 3. The first-order valence-corrected chi connectivity index (χ1v) is 7.71. The van der Waals surface area contributed by atoms with E-state index in [0.717, 1.165) is 19.0 Å². The molecule has 24 heavy (non-hydrogen) atoms. The molecule has 0 saturated heterocycles. The molecule has 0 atom stereocenters. The van der Waals surface area contributed by atoms with Gasteiger partial charge < -0.3 is 5.32 Å². The Labute approximate surface area is 139 Å². The van der Waals surface area contributed by atoms with E-state index in [1.54, 1.807) is 32.1 Å². The van der Waals surface area contributed by atoms with Gasteiger partial charge in [0, 0.05) is 12.2 Å². The fourth-order valence-corrected chi connectivity index (χ4v) is 2.09. The van der Waals surface area contributed by atoms with Crippen LogP contribution in [0.3, 0.4) is 0 Å². The Morgan fingerprint density at radius 1 is 1.33 bits per heavy atom. The molecule has 0 unspecified atom stereocenters. The van der Waals surface area contributed by atoms with Crippen LogP contribution in [0.5, 0.6) is 0 Å². The van der Waals surface area contributed by atoms with Crippen LogP contribution < -0.4 is 11.0 Å². The standard InChI is InChI=1S/C16H23F3N4O/c1-4-8-14-21-22(12-7-11-20-3)15(24)23(14)13(5-2)9-6-10-16(17,18)19/h4-6,8-9,20H,7,10-12H2,1-3H3/b8-4+,9-6-,13-5+. The Hall–Kier alpha value is -2.09. The van der Waals surface area contributed by atoms with Crippen molar-refractivity contribution in [3.05, 3.63) is 40.6 Å². The monoisotopic (exact) mass is 344 g/mol. The predicted octanol–water partition coefficient (Wildman–Crippen LogP) is 3.06. The minimum atomic E-state index is -4.27. The molecule has 0 fully saturated rings. The van der Waals surface area contributed by atoms with Crippen LogP contribution in [-0.4, -0.2) is 34.1 Å². The van der Waals surface area contributed by atoms with E-state index in [-0.39, 0.29) is 5.69 Å². The quantitative estimate of drug-likeness (QED) is 0.582. The topological polar surface area (TPSA) is 51.9 Å². The minimum absolute atomic E-state index is 0.359. The van der Waals surface area contributed by atoms with E-state index in [4.69, 9.17) is 0 Å². The minimum Gasteiger partial charge on any atom is -0.320 e. The zero-order valence-electron chi connectivity index (χ0n) is 14.1. The molecule has 0 bridgehead atoms. The number of hydrogen-bond donors (Lipinski definition) is 1. The number of aromatic nitrogens is 3. The summed E-state index contributed by atoms with van der Waals surface area (Å²) >= 11 is 0. The fourth-order valence-electron chi connectivity index (χ4n) is 2.09. The van der Waals surface area contributed by atoms with Crippen LogP contribution >= 0.6 is 0 Å². The van der Waals surface area contributed by atoms with Gasteiger partial charge in [0.25, 0.3) is 0 Å². The predicted molar refractivity (Wildman–Crippen MR) is 89.5 cm³/mol. The van der Waals surface area contributed by atoms with Crippen molar-refractivity contribution in [2.24, 2.45) is 0 Å². The third-order valence-corrected chi connectivity index (χ3v) is 3.17. The maximum Gasteiger partial charge on any atom is 0.392 e. The van der Waals surface area contributed by atoms with Gasteiger partial charge in [-0.25, -0.2) is 14.0 Å². The molecular formula is C16H23F3N4O. The second-order valence-electron chi connectivity index (χ2n) is 5.09. The first-order chi connectivity index (χ1) is 11.3. The second-order valence-corrected chi connectivity index (χ2v) is 5.09. The molecule has 0 amide bonds. The lowest BCUT2D eigenvalue weighted by Gasteiger charge is -2.05. The SMILES string of the molecule is C/C=C/c1nn(CCCNC)c(=O)n1C(/C=C\CC(F)(F)F)=C/C. The van der Waals surface area contributed by atoms with E-state index in [1.165, 1.54) is 15.3 Å². The van der Waals surface area contributed by atoms with E-state index in [9.17, 15) is 18.0 Å². The molecule has 1 rings (SSSR count). The molecule has 0 spiro atoms. The highest BCUT2D eigenvalue weighted by Crippen LogP contribution is 2.20. The molecule has 0 radical (unpaired) electrons. The molecule has 134 valence electrons. The zero-order valence-corrected chi connectivity index (χ0v) is 14.1. The van der Waals surface area contributed by atoms with E-state index < -0.39 is 12.6 Å². The number of rotatable bonds is 8. The van der Waals surface area contributed by atoms with Crippen molar-refractivity contribution in [3.8, 4) is 0 Å². The summed E-state index contributed by atoms with van der Waals surface area (Å²) in [5.41, 5.74) is -0.0128. The third kappa shape index (κ3) is 5.84. The molecule has 0 aromatic carbocycles. The number of halogens is 3. The Kier molecular flexibility index (Phi) is 7.70. The molecule has 0 aliphatic heterocycles. The largest absolute Gasteiger partial charge is 0.392 e. The van der Waals surface area contributed by atoms with E-state index in [1.807, 2.05) is 7.05 Å². The van der Waals surface area contributed by atoms with Gasteiger partial charge in [0.1, 0.15) is 0 Å². The van der Waals surface area contributed by atoms with Gasteiger partial charge in [0.15, 0.2) is 5.82 Å². The summed E-state index contributed by atoms with van der Waals surface area (Å²) in [6.45, 7) is 4.61. The molecule has 1 aromatic rings. The maximum atomic E-state index is 12.5. The van der Waals surface area contributed by atoms with Crippen molar-refractivity contribution in [3.63, 3.8) is 0 Å². The average Bonchev–Trinajstić information content (AvgIpc) is 2.80. The third-order valence-electron chi connectivity index (χ3n) is 3.17. The Balaban J connectivity index is 3.16. The first-order valence-electron chi connectivity index (χ1n) is 7.71. The van der Waals surface area contributed by atoms with Crippen LogP contribution in [0.2, 0.25) is 0 Å². The molecule has 1 N–H and O–H groups in total. The smallest absolute Gasteiger partial charge is 0.320 e. The average molecular weight is 344 g/mol. The first kappa shape index (κ1) is 20.0. The number of aryl methyl sites for hydroxylation is 1. The summed E-state index contributed by atoms with van der Waals surface area (Å²) in [4.78, 5) is 12.5. The van der Waals surface area contributed by atoms with Crippen molar-refractivity contribution < 1.29 is 13.2 Å². The number of hydrogen-bond acceptors (Lipinski definition) is 3. The van der Waals surface area contributed by atoms with E-state index in [2.05, 4.69) is 10.4 Å². The number of nitrogens with one attached hydrogen (secondary N) is 1. The highest BCUT2D eigenvalue weighted by molar-refractivity contribution is 5.60. The molecule has 1 heterocycles. The zero-order chi connectivity index (χ0) is 18.2. The summed E-state index contributed by atoms with van der Waals surface area (Å²) in [5.74, 6) is 0.386. The number of allylic oxidation sites excluding steroid dienone is 5. The van der Waals surface area contributed by atoms with Gasteiger partial charge in [-0.2, -0.15) is 13.2 Å². The summed E-state index contributed by atoms with van der Waals surface area (Å²) in [5, 5.41) is 7.24. The van der Waals surface area contributed by atoms with Crippen LogP contribution in [0.15, 0.2) is 29.1 Å². The van der Waals surface area contributed by atoms with Crippen molar-refractivity contribution in [2.45, 2.75) is 39.4 Å². The Bertz CT molecular complexity index is 666. The van der Waals surface area contributed by atoms with Gasteiger partial charge >= 0.3 is 11.9 Å². The molecule has 0 aliphatic carbocycles. The van der Waals surface area contributed by atoms with Crippen molar-refractivity contribution >= 4 is 11.8 Å². The highest BCUT2D eigenvalue weighted by atomic mass is 19.4. The highest BCUT2D eigenvalue weighted by Gasteiger charge is 2.24.